The van der Waals surface area contributed by atoms with E-state index in [2.05, 4.69) is 38.6 Å². The van der Waals surface area contributed by atoms with E-state index in [4.69, 9.17) is 0 Å². The first kappa shape index (κ1) is 16.0. The zero-order chi connectivity index (χ0) is 15.2. The zero-order valence-corrected chi connectivity index (χ0v) is 13.8. The minimum absolute atomic E-state index is 0.129. The highest BCUT2D eigenvalue weighted by Crippen LogP contribution is 2.28. The average molecular weight is 357 g/mol. The number of nitrogens with zero attached hydrogens (tertiary/aromatic N) is 2. The maximum Gasteiger partial charge on any atom is 0.283 e. The lowest BCUT2D eigenvalue weighted by Crippen LogP contribution is -2.30. The summed E-state index contributed by atoms with van der Waals surface area (Å²) in [5.41, 5.74) is 0.531. The number of carbonyl (C=O) groups excluding carboxylic acids is 1. The van der Waals surface area contributed by atoms with Gasteiger partial charge in [0.25, 0.3) is 5.56 Å². The van der Waals surface area contributed by atoms with Gasteiger partial charge in [-0.05, 0) is 35.2 Å². The van der Waals surface area contributed by atoms with Crippen molar-refractivity contribution >= 4 is 27.5 Å². The van der Waals surface area contributed by atoms with Crippen molar-refractivity contribution in [2.45, 2.75) is 39.2 Å². The molecule has 21 heavy (non-hydrogen) atoms. The van der Waals surface area contributed by atoms with Gasteiger partial charge in [0.1, 0.15) is 4.47 Å². The first-order valence-corrected chi connectivity index (χ1v) is 8.20. The first-order chi connectivity index (χ1) is 10.1. The summed E-state index contributed by atoms with van der Waals surface area (Å²) in [6.07, 6.45) is 5.60. The standard InChI is InChI=1S/C14H21BrN4O2/c1-2-3-8-19-14(21)12(15)11(9-18-19)16-6-7-17-13(20)10-4-5-10/h9-10,16H,2-8H2,1H3,(H,17,20). The van der Waals surface area contributed by atoms with Crippen molar-refractivity contribution in [3.63, 3.8) is 0 Å². The van der Waals surface area contributed by atoms with Crippen LogP contribution in [0, 0.1) is 5.92 Å². The van der Waals surface area contributed by atoms with Gasteiger partial charge in [-0.3, -0.25) is 9.59 Å². The molecule has 0 atom stereocenters. The number of unbranched alkanes of at least 4 members (excludes halogenated alkanes) is 1. The van der Waals surface area contributed by atoms with E-state index in [-0.39, 0.29) is 17.4 Å². The van der Waals surface area contributed by atoms with Gasteiger partial charge in [0, 0.05) is 25.6 Å². The number of aromatic nitrogens is 2. The normalized spacial score (nSPS) is 14.0. The number of aryl methyl sites for hydroxylation is 1. The van der Waals surface area contributed by atoms with Crippen LogP contribution in [0.3, 0.4) is 0 Å². The molecule has 1 aliphatic carbocycles. The van der Waals surface area contributed by atoms with E-state index in [9.17, 15) is 9.59 Å². The number of rotatable bonds is 8. The molecule has 0 radical (unpaired) electrons. The molecule has 6 nitrogen and oxygen atoms in total. The Morgan fingerprint density at radius 1 is 1.48 bits per heavy atom. The fourth-order valence-electron chi connectivity index (χ4n) is 1.93. The summed E-state index contributed by atoms with van der Waals surface area (Å²) in [6.45, 7) is 3.81. The summed E-state index contributed by atoms with van der Waals surface area (Å²) in [4.78, 5) is 23.5. The lowest BCUT2D eigenvalue weighted by molar-refractivity contribution is -0.122. The molecular weight excluding hydrogens is 336 g/mol. The van der Waals surface area contributed by atoms with Crippen LogP contribution < -0.4 is 16.2 Å². The summed E-state index contributed by atoms with van der Waals surface area (Å²) in [5, 5.41) is 10.1. The molecule has 1 saturated carbocycles. The number of amides is 1. The van der Waals surface area contributed by atoms with Crippen molar-refractivity contribution in [2.24, 2.45) is 5.92 Å². The number of nitrogens with one attached hydrogen (secondary N) is 2. The summed E-state index contributed by atoms with van der Waals surface area (Å²) >= 11 is 3.31. The van der Waals surface area contributed by atoms with Gasteiger partial charge in [0.05, 0.1) is 11.9 Å². The predicted octanol–water partition coefficient (Wildman–Crippen LogP) is 1.74. The lowest BCUT2D eigenvalue weighted by atomic mass is 10.3. The highest BCUT2D eigenvalue weighted by Gasteiger charge is 2.28. The third-order valence-corrected chi connectivity index (χ3v) is 4.16. The van der Waals surface area contributed by atoms with Crippen molar-refractivity contribution < 1.29 is 4.79 Å². The lowest BCUT2D eigenvalue weighted by Gasteiger charge is -2.10. The highest BCUT2D eigenvalue weighted by atomic mass is 79.9. The van der Waals surface area contributed by atoms with Crippen molar-refractivity contribution in [1.82, 2.24) is 15.1 Å². The van der Waals surface area contributed by atoms with Crippen molar-refractivity contribution in [3.8, 4) is 0 Å². The molecule has 1 aromatic heterocycles. The van der Waals surface area contributed by atoms with Crippen LogP contribution in [0.4, 0.5) is 5.69 Å². The molecule has 1 fully saturated rings. The SMILES string of the molecule is CCCCn1ncc(NCCNC(=O)C2CC2)c(Br)c1=O. The molecule has 0 aliphatic heterocycles. The second-order valence-electron chi connectivity index (χ2n) is 5.25. The van der Waals surface area contributed by atoms with Gasteiger partial charge in [0.2, 0.25) is 5.91 Å². The van der Waals surface area contributed by atoms with Gasteiger partial charge in [0.15, 0.2) is 0 Å². The second-order valence-corrected chi connectivity index (χ2v) is 6.04. The predicted molar refractivity (Wildman–Crippen MR) is 85.3 cm³/mol. The summed E-state index contributed by atoms with van der Waals surface area (Å²) < 4.78 is 1.95. The Kier molecular flexibility index (Phi) is 5.78. The smallest absolute Gasteiger partial charge is 0.283 e. The van der Waals surface area contributed by atoms with Gasteiger partial charge in [-0.1, -0.05) is 13.3 Å². The van der Waals surface area contributed by atoms with E-state index in [1.54, 1.807) is 6.20 Å². The summed E-state index contributed by atoms with van der Waals surface area (Å²) in [7, 11) is 0. The molecule has 7 heteroatoms. The average Bonchev–Trinajstić information content (AvgIpc) is 3.31. The fourth-order valence-corrected chi connectivity index (χ4v) is 2.38. The molecule has 1 amide bonds. The second kappa shape index (κ2) is 7.59. The van der Waals surface area contributed by atoms with Gasteiger partial charge in [-0.2, -0.15) is 5.10 Å². The number of hydrogen-bond acceptors (Lipinski definition) is 4. The summed E-state index contributed by atoms with van der Waals surface area (Å²) in [5.74, 6) is 0.352. The Balaban J connectivity index is 1.83. The molecule has 2 N–H and O–H groups in total. The minimum Gasteiger partial charge on any atom is -0.381 e. The number of anilines is 1. The van der Waals surface area contributed by atoms with Crippen LogP contribution >= 0.6 is 15.9 Å². The fraction of sp³-hybridized carbons (Fsp3) is 0.643. The van der Waals surface area contributed by atoms with Crippen molar-refractivity contribution in [3.05, 3.63) is 21.0 Å². The summed E-state index contributed by atoms with van der Waals surface area (Å²) in [6, 6.07) is 0. The van der Waals surface area contributed by atoms with E-state index in [0.29, 0.717) is 29.8 Å². The van der Waals surface area contributed by atoms with Crippen LogP contribution in [0.1, 0.15) is 32.6 Å². The molecule has 1 aliphatic rings. The van der Waals surface area contributed by atoms with Crippen LogP contribution in [-0.2, 0) is 11.3 Å². The van der Waals surface area contributed by atoms with E-state index in [1.807, 2.05) is 0 Å². The van der Waals surface area contributed by atoms with Crippen LogP contribution in [0.2, 0.25) is 0 Å². The van der Waals surface area contributed by atoms with Crippen LogP contribution in [0.25, 0.3) is 0 Å². The van der Waals surface area contributed by atoms with Crippen LogP contribution in [0.5, 0.6) is 0 Å². The number of carbonyl (C=O) groups is 1. The van der Waals surface area contributed by atoms with Crippen molar-refractivity contribution in [1.29, 1.82) is 0 Å². The number of hydrogen-bond donors (Lipinski definition) is 2. The van der Waals surface area contributed by atoms with Crippen LogP contribution in [0.15, 0.2) is 15.5 Å². The first-order valence-electron chi connectivity index (χ1n) is 7.40. The van der Waals surface area contributed by atoms with Gasteiger partial charge in [-0.25, -0.2) is 4.68 Å². The maximum absolute atomic E-state index is 12.1. The Hall–Kier alpha value is -1.37. The molecule has 0 unspecified atom stereocenters. The topological polar surface area (TPSA) is 76.0 Å². The highest BCUT2D eigenvalue weighted by molar-refractivity contribution is 9.10. The van der Waals surface area contributed by atoms with Crippen LogP contribution in [-0.4, -0.2) is 28.8 Å². The molecule has 116 valence electrons. The molecule has 1 heterocycles. The minimum atomic E-state index is -0.129. The quantitative estimate of drug-likeness (QED) is 0.695. The monoisotopic (exact) mass is 356 g/mol. The van der Waals surface area contributed by atoms with Gasteiger partial charge >= 0.3 is 0 Å². The molecule has 0 saturated heterocycles. The van der Waals surface area contributed by atoms with E-state index >= 15 is 0 Å². The largest absolute Gasteiger partial charge is 0.381 e. The van der Waals surface area contributed by atoms with E-state index in [1.165, 1.54) is 4.68 Å². The Labute approximate surface area is 132 Å². The molecule has 0 spiro atoms. The molecular formula is C14H21BrN4O2. The molecule has 2 rings (SSSR count). The van der Waals surface area contributed by atoms with E-state index < -0.39 is 0 Å². The van der Waals surface area contributed by atoms with E-state index in [0.717, 1.165) is 25.7 Å². The van der Waals surface area contributed by atoms with Gasteiger partial charge in [-0.15, -0.1) is 0 Å². The Morgan fingerprint density at radius 2 is 2.24 bits per heavy atom. The third-order valence-electron chi connectivity index (χ3n) is 3.40. The van der Waals surface area contributed by atoms with Gasteiger partial charge < -0.3 is 10.6 Å². The number of halogens is 1. The molecule has 1 aromatic rings. The molecule has 0 bridgehead atoms. The Bertz CT molecular complexity index is 554. The molecule has 0 aromatic carbocycles. The maximum atomic E-state index is 12.1. The Morgan fingerprint density at radius 3 is 2.90 bits per heavy atom. The zero-order valence-electron chi connectivity index (χ0n) is 12.2. The third kappa shape index (κ3) is 4.56. The van der Waals surface area contributed by atoms with Crippen molar-refractivity contribution in [2.75, 3.05) is 18.4 Å².